The number of nitrogens with one attached hydrogen (secondary N) is 1. The number of carboxylic acids is 1. The van der Waals surface area contributed by atoms with Crippen molar-refractivity contribution in [1.82, 2.24) is 0 Å². The van der Waals surface area contributed by atoms with Crippen LogP contribution in [0.5, 0.6) is 5.75 Å². The fourth-order valence-corrected chi connectivity index (χ4v) is 3.01. The first-order chi connectivity index (χ1) is 15.4. The van der Waals surface area contributed by atoms with Gasteiger partial charge in [-0.1, -0.05) is 78.9 Å². The molecule has 0 saturated heterocycles. The van der Waals surface area contributed by atoms with Crippen LogP contribution in [-0.4, -0.2) is 18.3 Å². The SMILES string of the molecule is CC(=O)[O-].[Mn+3].[O-]c1ccccc1C=Nc1cc2ccccc2cc1N/C=C1/C=CC=CC1[O-]. The molecule has 0 amide bonds. The smallest absolute Gasteiger partial charge is 0.872 e. The van der Waals surface area contributed by atoms with E-state index in [1.165, 1.54) is 6.07 Å². The van der Waals surface area contributed by atoms with E-state index in [2.05, 4.69) is 10.3 Å². The molecule has 0 spiro atoms. The molecule has 4 rings (SSSR count). The number of hydrogen-bond donors (Lipinski definition) is 1. The predicted molar refractivity (Wildman–Crippen MR) is 122 cm³/mol. The first kappa shape index (κ1) is 25.6. The number of hydrogen-bond acceptors (Lipinski definition) is 6. The Balaban J connectivity index is 0.000000714. The second-order valence-electron chi connectivity index (χ2n) is 6.96. The van der Waals surface area contributed by atoms with Gasteiger partial charge in [0.2, 0.25) is 0 Å². The molecular formula is C26H21MnN2O4. The number of carbonyl (C=O) groups is 1. The first-order valence-electron chi connectivity index (χ1n) is 9.92. The molecule has 1 N–H and O–H groups in total. The zero-order valence-electron chi connectivity index (χ0n) is 17.8. The number of nitrogens with zero attached hydrogens (tertiary/aromatic N) is 1. The van der Waals surface area contributed by atoms with Gasteiger partial charge in [0.1, 0.15) is 0 Å². The van der Waals surface area contributed by atoms with Crippen molar-refractivity contribution in [2.24, 2.45) is 4.99 Å². The third-order valence-electron chi connectivity index (χ3n) is 4.53. The Bertz CT molecular complexity index is 1230. The number of carbonyl (C=O) groups excluding carboxylic acids is 1. The molecule has 0 fully saturated rings. The van der Waals surface area contributed by atoms with Gasteiger partial charge in [-0.05, 0) is 41.0 Å². The molecule has 1 aliphatic carbocycles. The zero-order valence-corrected chi connectivity index (χ0v) is 19.0. The van der Waals surface area contributed by atoms with Gasteiger partial charge in [-0.15, -0.1) is 5.75 Å². The van der Waals surface area contributed by atoms with Gasteiger partial charge < -0.3 is 25.4 Å². The largest absolute Gasteiger partial charge is 3.00 e. The number of carboxylic acid groups (broad SMARTS) is 1. The van der Waals surface area contributed by atoms with Crippen molar-refractivity contribution in [1.29, 1.82) is 0 Å². The van der Waals surface area contributed by atoms with Gasteiger partial charge in [0.25, 0.3) is 0 Å². The van der Waals surface area contributed by atoms with Crippen LogP contribution in [0, 0.1) is 0 Å². The summed E-state index contributed by atoms with van der Waals surface area (Å²) in [7, 11) is 0. The van der Waals surface area contributed by atoms with Crippen LogP contribution >= 0.6 is 0 Å². The van der Waals surface area contributed by atoms with E-state index in [1.807, 2.05) is 48.5 Å². The molecule has 0 bridgehead atoms. The Morgan fingerprint density at radius 3 is 2.33 bits per heavy atom. The summed E-state index contributed by atoms with van der Waals surface area (Å²) in [6, 6.07) is 18.7. The summed E-state index contributed by atoms with van der Waals surface area (Å²) < 4.78 is 0. The summed E-state index contributed by atoms with van der Waals surface area (Å²) in [6.45, 7) is 0.972. The summed E-state index contributed by atoms with van der Waals surface area (Å²) in [5, 5.41) is 38.2. The maximum absolute atomic E-state index is 12.0. The minimum Gasteiger partial charge on any atom is -0.872 e. The molecule has 1 unspecified atom stereocenters. The summed E-state index contributed by atoms with van der Waals surface area (Å²) in [5.41, 5.74) is 2.63. The second kappa shape index (κ2) is 12.4. The topological polar surface area (TPSA) is 111 Å². The molecule has 7 heteroatoms. The van der Waals surface area contributed by atoms with Crippen molar-refractivity contribution in [3.63, 3.8) is 0 Å². The van der Waals surface area contributed by atoms with Crippen molar-refractivity contribution in [2.75, 3.05) is 5.32 Å². The number of aliphatic carboxylic acids is 1. The number of aliphatic imine (C=N–C) groups is 1. The van der Waals surface area contributed by atoms with Crippen LogP contribution in [0.25, 0.3) is 10.8 Å². The molecule has 1 aliphatic rings. The Hall–Kier alpha value is -3.64. The molecule has 0 aromatic heterocycles. The van der Waals surface area contributed by atoms with Gasteiger partial charge in [-0.2, -0.15) is 0 Å². The summed E-state index contributed by atoms with van der Waals surface area (Å²) in [5.74, 6) is -1.16. The predicted octanol–water partition coefficient (Wildman–Crippen LogP) is 2.57. The van der Waals surface area contributed by atoms with Crippen LogP contribution in [0.15, 0.2) is 102 Å². The number of anilines is 1. The summed E-state index contributed by atoms with van der Waals surface area (Å²) >= 11 is 0. The minimum absolute atomic E-state index is 0. The van der Waals surface area contributed by atoms with E-state index >= 15 is 0 Å². The van der Waals surface area contributed by atoms with Gasteiger partial charge in [0.05, 0.1) is 11.4 Å². The van der Waals surface area contributed by atoms with Crippen molar-refractivity contribution in [3.8, 4) is 5.75 Å². The molecule has 0 heterocycles. The number of allylic oxidation sites excluding steroid dienone is 2. The van der Waals surface area contributed by atoms with Gasteiger partial charge >= 0.3 is 17.1 Å². The minimum atomic E-state index is -1.08. The van der Waals surface area contributed by atoms with Crippen LogP contribution in [0.2, 0.25) is 0 Å². The second-order valence-corrected chi connectivity index (χ2v) is 6.96. The first-order valence-corrected chi connectivity index (χ1v) is 9.92. The average molecular weight is 480 g/mol. The Kier molecular flexibility index (Phi) is 9.63. The average Bonchev–Trinajstić information content (AvgIpc) is 2.77. The van der Waals surface area contributed by atoms with E-state index in [-0.39, 0.29) is 22.8 Å². The van der Waals surface area contributed by atoms with Gasteiger partial charge in [0.15, 0.2) is 0 Å². The van der Waals surface area contributed by atoms with Crippen LogP contribution in [-0.2, 0) is 21.9 Å². The van der Waals surface area contributed by atoms with Crippen LogP contribution in [0.3, 0.4) is 0 Å². The zero-order chi connectivity index (χ0) is 22.9. The Labute approximate surface area is 202 Å². The molecule has 0 radical (unpaired) electrons. The van der Waals surface area contributed by atoms with E-state index in [1.54, 1.807) is 42.8 Å². The Morgan fingerprint density at radius 1 is 1.03 bits per heavy atom. The maximum Gasteiger partial charge on any atom is 3.00 e. The molecule has 1 atom stereocenters. The van der Waals surface area contributed by atoms with Crippen molar-refractivity contribution in [3.05, 3.63) is 102 Å². The number of rotatable bonds is 4. The van der Waals surface area contributed by atoms with Crippen LogP contribution in [0.1, 0.15) is 12.5 Å². The van der Waals surface area contributed by atoms with Crippen molar-refractivity contribution < 1.29 is 37.2 Å². The van der Waals surface area contributed by atoms with E-state index in [0.29, 0.717) is 16.8 Å². The molecule has 166 valence electrons. The molecule has 6 nitrogen and oxygen atoms in total. The number of benzene rings is 3. The van der Waals surface area contributed by atoms with E-state index < -0.39 is 12.1 Å². The molecular weight excluding hydrogens is 459 g/mol. The van der Waals surface area contributed by atoms with Crippen LogP contribution < -0.4 is 20.6 Å². The molecule has 3 aromatic carbocycles. The standard InChI is InChI=1S/C24H19N2O2.C2H4O2.Mn/c27-23-11-5-3-9-19(23)15-25-21-13-17-7-1-2-8-18(17)14-22(21)26-16-20-10-4-6-12-24(20)28;1-2(3)4;/h1-16,23,25,28H;1H3,(H,3,4);/q-1;;+3/p-2/b19-15-,26-16?;;. The Morgan fingerprint density at radius 2 is 1.67 bits per heavy atom. The van der Waals surface area contributed by atoms with Gasteiger partial charge in [0, 0.05) is 18.4 Å². The summed E-state index contributed by atoms with van der Waals surface area (Å²) in [4.78, 5) is 13.4. The quantitative estimate of drug-likeness (QED) is 0.456. The van der Waals surface area contributed by atoms with Crippen LogP contribution in [0.4, 0.5) is 11.4 Å². The number of para-hydroxylation sites is 1. The fourth-order valence-electron chi connectivity index (χ4n) is 3.01. The number of fused-ring (bicyclic) bond motifs is 1. The van der Waals surface area contributed by atoms with E-state index in [4.69, 9.17) is 9.90 Å². The van der Waals surface area contributed by atoms with Gasteiger partial charge in [-0.3, -0.25) is 4.99 Å². The third-order valence-corrected chi connectivity index (χ3v) is 4.53. The normalized spacial score (nSPS) is 15.7. The maximum atomic E-state index is 12.0. The van der Waals surface area contributed by atoms with Crippen molar-refractivity contribution in [2.45, 2.75) is 13.0 Å². The molecule has 33 heavy (non-hydrogen) atoms. The van der Waals surface area contributed by atoms with Gasteiger partial charge in [-0.25, -0.2) is 0 Å². The third kappa shape index (κ3) is 7.47. The fraction of sp³-hybridized carbons (Fsp3) is 0.0769. The van der Waals surface area contributed by atoms with Crippen molar-refractivity contribution >= 4 is 34.3 Å². The molecule has 0 saturated carbocycles. The molecule has 3 aromatic rings. The monoisotopic (exact) mass is 480 g/mol. The van der Waals surface area contributed by atoms with E-state index in [0.717, 1.165) is 23.4 Å². The van der Waals surface area contributed by atoms with E-state index in [9.17, 15) is 10.2 Å². The molecule has 0 aliphatic heterocycles. The summed E-state index contributed by atoms with van der Waals surface area (Å²) in [6.07, 6.45) is 9.39.